The van der Waals surface area contributed by atoms with Gasteiger partial charge in [-0.15, -0.1) is 0 Å². The Kier molecular flexibility index (Phi) is 50.6. The van der Waals surface area contributed by atoms with Gasteiger partial charge < -0.3 is 0 Å². The number of nitriles is 6. The molecule has 0 fully saturated rings. The Morgan fingerprint density at radius 1 is 0.368 bits per heavy atom. The van der Waals surface area contributed by atoms with Crippen LogP contribution in [0.25, 0.3) is 0 Å². The van der Waals surface area contributed by atoms with Crippen LogP contribution in [-0.2, 0) is 5.26 Å². The van der Waals surface area contributed by atoms with Crippen molar-refractivity contribution in [3.05, 3.63) is 0 Å². The first-order valence-corrected chi connectivity index (χ1v) is 11.5. The van der Waals surface area contributed by atoms with Crippen LogP contribution >= 0.6 is 60.6 Å². The van der Waals surface area contributed by atoms with Gasteiger partial charge >= 0.3 is 65.9 Å². The van der Waals surface area contributed by atoms with E-state index in [1.54, 1.807) is 0 Å². The SMILES string of the molecule is C#N.C#N.C#N.C#N.C#N.C#N.[Cl][Fe]([Cl])([Cl])([Cl])([Cl])[Cl]. The summed E-state index contributed by atoms with van der Waals surface area (Å²) < 4.78 is 0. The molecule has 0 aliphatic rings. The fourth-order valence-electron chi connectivity index (χ4n) is 0. The minimum atomic E-state index is -4.92. The van der Waals surface area contributed by atoms with Gasteiger partial charge in [0.05, 0.1) is 0 Å². The standard InChI is InChI=1S/6CHN.6ClH.Fe/c6*1-2;;;;;;;/h6*1H;6*1H;/q;;;;;;;;;;;;+6/p-6. The van der Waals surface area contributed by atoms with Gasteiger partial charge in [0, 0.05) is 39.4 Å². The molecule has 6 nitrogen and oxygen atoms in total. The fraction of sp³-hybridized carbons (Fsp3) is 0. The molecule has 0 amide bonds. The second-order valence-corrected chi connectivity index (χ2v) is 28.1. The summed E-state index contributed by atoms with van der Waals surface area (Å²) in [4.78, 5) is 0. The number of hydrogen-bond donors (Lipinski definition) is 0. The molecule has 13 heteroatoms. The van der Waals surface area contributed by atoms with Crippen LogP contribution < -0.4 is 0 Å². The number of rotatable bonds is 0. The van der Waals surface area contributed by atoms with Crippen molar-refractivity contribution in [3.8, 4) is 39.4 Å². The number of hydrogen-bond acceptors (Lipinski definition) is 6. The summed E-state index contributed by atoms with van der Waals surface area (Å²) in [7, 11) is 30.1. The zero-order valence-electron chi connectivity index (χ0n) is 8.77. The number of halogens is 6. The van der Waals surface area contributed by atoms with Crippen LogP contribution in [0.15, 0.2) is 0 Å². The third-order valence-corrected chi connectivity index (χ3v) is 0. The topological polar surface area (TPSA) is 143 Å². The van der Waals surface area contributed by atoms with Crippen LogP contribution in [0.1, 0.15) is 0 Å². The molecule has 0 unspecified atom stereocenters. The van der Waals surface area contributed by atoms with E-state index in [0.717, 1.165) is 0 Å². The molecule has 0 aliphatic heterocycles. The summed E-state index contributed by atoms with van der Waals surface area (Å²) in [6.45, 7) is 21.0. The molecule has 0 atom stereocenters. The molecule has 0 radical (unpaired) electrons. The second kappa shape index (κ2) is 22.4. The zero-order valence-corrected chi connectivity index (χ0v) is 14.4. The van der Waals surface area contributed by atoms with Gasteiger partial charge in [-0.3, -0.25) is 0 Å². The van der Waals surface area contributed by atoms with Gasteiger partial charge in [0.2, 0.25) is 0 Å². The molecule has 0 saturated heterocycles. The van der Waals surface area contributed by atoms with Crippen LogP contribution in [0.5, 0.6) is 0 Å². The molecule has 0 aliphatic carbocycles. The van der Waals surface area contributed by atoms with Gasteiger partial charge in [0.15, 0.2) is 0 Å². The van der Waals surface area contributed by atoms with E-state index in [1.807, 2.05) is 0 Å². The molecule has 0 aromatic heterocycles. The van der Waals surface area contributed by atoms with E-state index in [0.29, 0.717) is 0 Å². The molecule has 110 valence electrons. The van der Waals surface area contributed by atoms with Gasteiger partial charge in [-0.05, 0) is 0 Å². The van der Waals surface area contributed by atoms with Crippen molar-refractivity contribution in [1.29, 1.82) is 31.6 Å². The van der Waals surface area contributed by atoms with E-state index in [9.17, 15) is 0 Å². The normalized spacial score (nSPS) is 9.16. The van der Waals surface area contributed by atoms with Crippen molar-refractivity contribution in [1.82, 2.24) is 0 Å². The van der Waals surface area contributed by atoms with Crippen LogP contribution in [-0.4, -0.2) is 0 Å². The molecular weight excluding hydrogens is 425 g/mol. The van der Waals surface area contributed by atoms with Crippen LogP contribution in [0.4, 0.5) is 0 Å². The van der Waals surface area contributed by atoms with Crippen molar-refractivity contribution in [3.63, 3.8) is 0 Å². The molecule has 19 heavy (non-hydrogen) atoms. The Balaban J connectivity index is -0.0000000205. The summed E-state index contributed by atoms with van der Waals surface area (Å²) in [5.41, 5.74) is 0. The first kappa shape index (κ1) is 42.9. The monoisotopic (exact) mass is 428 g/mol. The van der Waals surface area contributed by atoms with Gasteiger partial charge in [0.25, 0.3) is 0 Å². The molecule has 0 heterocycles. The van der Waals surface area contributed by atoms with Crippen LogP contribution in [0, 0.1) is 71.0 Å². The van der Waals surface area contributed by atoms with Crippen molar-refractivity contribution in [2.75, 3.05) is 0 Å². The molecule has 0 saturated carbocycles. The summed E-state index contributed by atoms with van der Waals surface area (Å²) in [6, 6.07) is 0. The Morgan fingerprint density at radius 3 is 0.368 bits per heavy atom. The van der Waals surface area contributed by atoms with Crippen molar-refractivity contribution >= 4 is 60.6 Å². The Morgan fingerprint density at radius 2 is 0.368 bits per heavy atom. The van der Waals surface area contributed by atoms with E-state index in [-0.39, 0.29) is 0 Å². The van der Waals surface area contributed by atoms with Gasteiger partial charge in [-0.25, -0.2) is 31.6 Å². The molecular formula is C6H6Cl6FeN6. The first-order valence-electron chi connectivity index (χ1n) is 2.35. The van der Waals surface area contributed by atoms with E-state index < -0.39 is 5.26 Å². The van der Waals surface area contributed by atoms with Crippen molar-refractivity contribution in [2.24, 2.45) is 0 Å². The van der Waals surface area contributed by atoms with Crippen molar-refractivity contribution in [2.45, 2.75) is 0 Å². The molecule has 0 N–H and O–H groups in total. The summed E-state index contributed by atoms with van der Waals surface area (Å²) in [5.74, 6) is 0. The Hall–Kier alpha value is -0.801. The molecule has 0 rings (SSSR count). The van der Waals surface area contributed by atoms with Crippen LogP contribution in [0.2, 0.25) is 0 Å². The third kappa shape index (κ3) is 6200. The van der Waals surface area contributed by atoms with E-state index >= 15 is 0 Å². The van der Waals surface area contributed by atoms with Gasteiger partial charge in [0.1, 0.15) is 0 Å². The van der Waals surface area contributed by atoms with Gasteiger partial charge in [-0.1, -0.05) is 0 Å². The Bertz CT molecular complexity index is 233. The summed E-state index contributed by atoms with van der Waals surface area (Å²) in [6.07, 6.45) is 0. The summed E-state index contributed by atoms with van der Waals surface area (Å²) in [5, 5.41) is 34.1. The zero-order chi connectivity index (χ0) is 18.4. The quantitative estimate of drug-likeness (QED) is 0.496. The van der Waals surface area contributed by atoms with Crippen molar-refractivity contribution < 1.29 is 5.26 Å². The predicted octanol–water partition coefficient (Wildman–Crippen LogP) is 4.97. The van der Waals surface area contributed by atoms with Gasteiger partial charge in [-0.2, -0.15) is 0 Å². The average Bonchev–Trinajstić information content (AvgIpc) is 2.39. The summed E-state index contributed by atoms with van der Waals surface area (Å²) >= 11 is 0. The second-order valence-electron chi connectivity index (χ2n) is 0.758. The third-order valence-electron chi connectivity index (χ3n) is 0. The maximum atomic E-state index is 6.50. The Labute approximate surface area is 136 Å². The molecule has 0 bridgehead atoms. The maximum absolute atomic E-state index is 6.50. The van der Waals surface area contributed by atoms with E-state index in [1.165, 1.54) is 0 Å². The number of nitrogens with zero attached hydrogens (tertiary/aromatic N) is 6. The molecule has 0 spiro atoms. The minimum absolute atomic E-state index is 3.50. The van der Waals surface area contributed by atoms with Crippen LogP contribution in [0.3, 0.4) is 0 Å². The average molecular weight is 431 g/mol. The fourth-order valence-corrected chi connectivity index (χ4v) is 0. The molecule has 0 aromatic carbocycles. The molecule has 0 aromatic rings. The van der Waals surface area contributed by atoms with E-state index in [2.05, 4.69) is 39.4 Å². The predicted molar refractivity (Wildman–Crippen MR) is 75.1 cm³/mol. The first-order chi connectivity index (χ1) is 8.45. The van der Waals surface area contributed by atoms with E-state index in [4.69, 9.17) is 92.2 Å².